The van der Waals surface area contributed by atoms with E-state index in [4.69, 9.17) is 0 Å². The molecule has 112 valence electrons. The van der Waals surface area contributed by atoms with Gasteiger partial charge in [0, 0.05) is 24.2 Å². The summed E-state index contributed by atoms with van der Waals surface area (Å²) in [6.45, 7) is 12.5. The van der Waals surface area contributed by atoms with Gasteiger partial charge >= 0.3 is 5.97 Å². The van der Waals surface area contributed by atoms with Crippen molar-refractivity contribution in [3.05, 3.63) is 23.4 Å². The van der Waals surface area contributed by atoms with E-state index in [1.165, 1.54) is 0 Å². The van der Waals surface area contributed by atoms with Crippen LogP contribution in [-0.2, 0) is 5.41 Å². The van der Waals surface area contributed by atoms with Crippen LogP contribution >= 0.6 is 0 Å². The quantitative estimate of drug-likeness (QED) is 0.915. The van der Waals surface area contributed by atoms with Gasteiger partial charge in [-0.25, -0.2) is 9.78 Å². The minimum absolute atomic E-state index is 0.178. The average molecular weight is 278 g/mol. The van der Waals surface area contributed by atoms with E-state index in [0.29, 0.717) is 17.5 Å². The standard InChI is InChI=1S/C16H26N2O2/c1-10(2)11(3)18(7)14-9-12(15(19)20)8-13(17-14)16(4,5)6/h8-11H,1-7H3,(H,19,20). The van der Waals surface area contributed by atoms with Crippen LogP contribution in [0, 0.1) is 5.92 Å². The van der Waals surface area contributed by atoms with Crippen LogP contribution in [0.4, 0.5) is 5.82 Å². The van der Waals surface area contributed by atoms with Crippen LogP contribution in [0.5, 0.6) is 0 Å². The number of rotatable bonds is 4. The largest absolute Gasteiger partial charge is 0.478 e. The van der Waals surface area contributed by atoms with Crippen LogP contribution in [0.3, 0.4) is 0 Å². The number of hydrogen-bond donors (Lipinski definition) is 1. The van der Waals surface area contributed by atoms with Crippen molar-refractivity contribution in [2.45, 2.75) is 53.0 Å². The Labute approximate surface area is 121 Å². The second-order valence-electron chi connectivity index (χ2n) is 6.75. The summed E-state index contributed by atoms with van der Waals surface area (Å²) < 4.78 is 0. The summed E-state index contributed by atoms with van der Waals surface area (Å²) in [5.41, 5.74) is 0.917. The SMILES string of the molecule is CC(C)C(C)N(C)c1cc(C(=O)O)cc(C(C)(C)C)n1. The molecule has 4 nitrogen and oxygen atoms in total. The van der Waals surface area contributed by atoms with Crippen LogP contribution in [0.15, 0.2) is 12.1 Å². The lowest BCUT2D eigenvalue weighted by Crippen LogP contribution is -2.34. The van der Waals surface area contributed by atoms with Gasteiger partial charge in [-0.2, -0.15) is 0 Å². The molecule has 0 amide bonds. The molecule has 0 aliphatic heterocycles. The predicted molar refractivity (Wildman–Crippen MR) is 82.6 cm³/mol. The summed E-state index contributed by atoms with van der Waals surface area (Å²) in [6, 6.07) is 3.61. The highest BCUT2D eigenvalue weighted by molar-refractivity contribution is 5.88. The molecule has 0 spiro atoms. The van der Waals surface area contributed by atoms with Gasteiger partial charge in [-0.05, 0) is 25.0 Å². The number of anilines is 1. The van der Waals surface area contributed by atoms with Crippen molar-refractivity contribution in [2.24, 2.45) is 5.92 Å². The number of carboxylic acids is 1. The van der Waals surface area contributed by atoms with Crippen molar-refractivity contribution in [1.29, 1.82) is 0 Å². The van der Waals surface area contributed by atoms with Gasteiger partial charge in [0.25, 0.3) is 0 Å². The molecule has 1 unspecified atom stereocenters. The fraction of sp³-hybridized carbons (Fsp3) is 0.625. The highest BCUT2D eigenvalue weighted by Crippen LogP contribution is 2.26. The monoisotopic (exact) mass is 278 g/mol. The number of pyridine rings is 1. The topological polar surface area (TPSA) is 53.4 Å². The van der Waals surface area contributed by atoms with Crippen LogP contribution in [0.25, 0.3) is 0 Å². The summed E-state index contributed by atoms with van der Waals surface area (Å²) in [5.74, 6) is 0.272. The third-order valence-electron chi connectivity index (χ3n) is 3.76. The van der Waals surface area contributed by atoms with E-state index in [-0.39, 0.29) is 5.41 Å². The molecule has 1 aromatic rings. The minimum atomic E-state index is -0.912. The van der Waals surface area contributed by atoms with Crippen LogP contribution < -0.4 is 4.90 Å². The number of hydrogen-bond acceptors (Lipinski definition) is 3. The van der Waals surface area contributed by atoms with Crippen LogP contribution in [-0.4, -0.2) is 29.1 Å². The Morgan fingerprint density at radius 2 is 1.80 bits per heavy atom. The first-order chi connectivity index (χ1) is 9.04. The lowest BCUT2D eigenvalue weighted by atomic mass is 9.90. The number of nitrogens with zero attached hydrogens (tertiary/aromatic N) is 2. The third kappa shape index (κ3) is 3.71. The molecule has 0 fully saturated rings. The van der Waals surface area contributed by atoms with Gasteiger partial charge in [0.15, 0.2) is 0 Å². The number of aromatic nitrogens is 1. The molecule has 1 N–H and O–H groups in total. The van der Waals surface area contributed by atoms with Crippen LogP contribution in [0.1, 0.15) is 57.6 Å². The molecule has 4 heteroatoms. The maximum absolute atomic E-state index is 11.3. The van der Waals surface area contributed by atoms with E-state index in [0.717, 1.165) is 11.5 Å². The Bertz CT molecular complexity index is 490. The summed E-state index contributed by atoms with van der Waals surface area (Å²) in [5, 5.41) is 9.28. The zero-order chi connectivity index (χ0) is 15.7. The summed E-state index contributed by atoms with van der Waals surface area (Å²) in [6.07, 6.45) is 0. The number of aromatic carboxylic acids is 1. The van der Waals surface area contributed by atoms with E-state index in [2.05, 4.69) is 25.8 Å². The Hall–Kier alpha value is -1.58. The van der Waals surface area contributed by atoms with Gasteiger partial charge in [0.2, 0.25) is 0 Å². The molecule has 1 heterocycles. The molecule has 0 radical (unpaired) electrons. The summed E-state index contributed by atoms with van der Waals surface area (Å²) in [4.78, 5) is 18.0. The van der Waals surface area contributed by atoms with Crippen molar-refractivity contribution in [1.82, 2.24) is 4.98 Å². The molecule has 20 heavy (non-hydrogen) atoms. The smallest absolute Gasteiger partial charge is 0.335 e. The van der Waals surface area contributed by atoms with Crippen molar-refractivity contribution < 1.29 is 9.90 Å². The second-order valence-corrected chi connectivity index (χ2v) is 6.75. The molecular weight excluding hydrogens is 252 g/mol. The minimum Gasteiger partial charge on any atom is -0.478 e. The lowest BCUT2D eigenvalue weighted by Gasteiger charge is -2.30. The van der Waals surface area contributed by atoms with E-state index in [1.54, 1.807) is 12.1 Å². The van der Waals surface area contributed by atoms with E-state index < -0.39 is 5.97 Å². The van der Waals surface area contributed by atoms with E-state index >= 15 is 0 Å². The van der Waals surface area contributed by atoms with E-state index in [9.17, 15) is 9.90 Å². The van der Waals surface area contributed by atoms with Crippen molar-refractivity contribution >= 4 is 11.8 Å². The van der Waals surface area contributed by atoms with Crippen LogP contribution in [0.2, 0.25) is 0 Å². The van der Waals surface area contributed by atoms with E-state index in [1.807, 2.05) is 32.7 Å². The Balaban J connectivity index is 3.32. The first-order valence-corrected chi connectivity index (χ1v) is 7.02. The molecule has 1 atom stereocenters. The summed E-state index contributed by atoms with van der Waals surface area (Å²) in [7, 11) is 1.96. The Morgan fingerprint density at radius 3 is 2.20 bits per heavy atom. The molecule has 1 rings (SSSR count). The predicted octanol–water partition coefficient (Wildman–Crippen LogP) is 3.56. The molecule has 0 aliphatic rings. The molecular formula is C16H26N2O2. The normalized spacial score (nSPS) is 13.4. The zero-order valence-electron chi connectivity index (χ0n) is 13.6. The second kappa shape index (κ2) is 5.81. The molecule has 0 bridgehead atoms. The first kappa shape index (κ1) is 16.5. The Morgan fingerprint density at radius 1 is 1.25 bits per heavy atom. The summed E-state index contributed by atoms with van der Waals surface area (Å²) >= 11 is 0. The molecule has 0 aromatic carbocycles. The van der Waals surface area contributed by atoms with Gasteiger partial charge in [0.05, 0.1) is 5.56 Å². The Kier molecular flexibility index (Phi) is 4.79. The van der Waals surface area contributed by atoms with Crippen molar-refractivity contribution in [3.63, 3.8) is 0 Å². The van der Waals surface area contributed by atoms with Gasteiger partial charge < -0.3 is 10.0 Å². The number of carboxylic acid groups (broad SMARTS) is 1. The van der Waals surface area contributed by atoms with Gasteiger partial charge in [-0.3, -0.25) is 0 Å². The van der Waals surface area contributed by atoms with Crippen molar-refractivity contribution in [2.75, 3.05) is 11.9 Å². The fourth-order valence-electron chi connectivity index (χ4n) is 1.86. The lowest BCUT2D eigenvalue weighted by molar-refractivity contribution is 0.0696. The first-order valence-electron chi connectivity index (χ1n) is 7.02. The average Bonchev–Trinajstić information content (AvgIpc) is 2.35. The van der Waals surface area contributed by atoms with Gasteiger partial charge in [-0.1, -0.05) is 34.6 Å². The maximum atomic E-state index is 11.3. The molecule has 0 saturated heterocycles. The van der Waals surface area contributed by atoms with Gasteiger partial charge in [-0.15, -0.1) is 0 Å². The van der Waals surface area contributed by atoms with Gasteiger partial charge in [0.1, 0.15) is 5.82 Å². The molecule has 0 aliphatic carbocycles. The fourth-order valence-corrected chi connectivity index (χ4v) is 1.86. The highest BCUT2D eigenvalue weighted by Gasteiger charge is 2.22. The third-order valence-corrected chi connectivity index (χ3v) is 3.76. The molecule has 1 aromatic heterocycles. The zero-order valence-corrected chi connectivity index (χ0v) is 13.6. The molecule has 0 saturated carbocycles. The maximum Gasteiger partial charge on any atom is 0.335 e. The number of carbonyl (C=O) groups is 1. The van der Waals surface area contributed by atoms with Crippen molar-refractivity contribution in [3.8, 4) is 0 Å². The highest BCUT2D eigenvalue weighted by atomic mass is 16.4.